The number of nitrogens with one attached hydrogen (secondary N) is 1. The highest BCUT2D eigenvalue weighted by molar-refractivity contribution is 6.31. The first-order valence-electron chi connectivity index (χ1n) is 6.22. The van der Waals surface area contributed by atoms with Gasteiger partial charge in [-0.2, -0.15) is 0 Å². The van der Waals surface area contributed by atoms with Crippen molar-refractivity contribution in [3.8, 4) is 0 Å². The van der Waals surface area contributed by atoms with Gasteiger partial charge in [-0.3, -0.25) is 10.1 Å². The summed E-state index contributed by atoms with van der Waals surface area (Å²) in [6, 6.07) is 4.65. The number of non-ortho nitro benzene ring substituents is 1. The van der Waals surface area contributed by atoms with Crippen molar-refractivity contribution in [2.24, 2.45) is 5.92 Å². The number of hydrogen-bond donors (Lipinski definition) is 2. The van der Waals surface area contributed by atoms with Crippen LogP contribution >= 0.6 is 11.6 Å². The lowest BCUT2D eigenvalue weighted by molar-refractivity contribution is -0.384. The summed E-state index contributed by atoms with van der Waals surface area (Å²) < 4.78 is 0. The molecule has 0 spiro atoms. The average Bonchev–Trinajstić information content (AvgIpc) is 2.35. The quantitative estimate of drug-likeness (QED) is 0.597. The molecule has 0 saturated carbocycles. The van der Waals surface area contributed by atoms with Gasteiger partial charge in [-0.25, -0.2) is 0 Å². The fourth-order valence-corrected chi connectivity index (χ4v) is 2.09. The molecule has 0 bridgehead atoms. The maximum Gasteiger partial charge on any atom is 0.270 e. The van der Waals surface area contributed by atoms with E-state index < -0.39 is 4.92 Å². The molecule has 0 aliphatic rings. The van der Waals surface area contributed by atoms with Gasteiger partial charge in [0.05, 0.1) is 9.95 Å². The third kappa shape index (κ3) is 4.78. The van der Waals surface area contributed by atoms with Crippen LogP contribution < -0.4 is 5.32 Å². The van der Waals surface area contributed by atoms with Gasteiger partial charge in [0.2, 0.25) is 0 Å². The van der Waals surface area contributed by atoms with E-state index in [2.05, 4.69) is 19.2 Å². The summed E-state index contributed by atoms with van der Waals surface area (Å²) in [4.78, 5) is 10.1. The fraction of sp³-hybridized carbons (Fsp3) is 0.538. The predicted molar refractivity (Wildman–Crippen MR) is 75.3 cm³/mol. The second-order valence-electron chi connectivity index (χ2n) is 4.78. The second-order valence-corrected chi connectivity index (χ2v) is 5.18. The number of aliphatic hydroxyl groups excluding tert-OH is 1. The molecule has 1 aromatic rings. The zero-order valence-electron chi connectivity index (χ0n) is 11.1. The minimum atomic E-state index is -0.466. The van der Waals surface area contributed by atoms with Crippen LogP contribution in [0.1, 0.15) is 25.8 Å². The van der Waals surface area contributed by atoms with Crippen molar-refractivity contribution in [1.29, 1.82) is 0 Å². The standard InChI is InChI=1S/C13H19ClN2O3/c1-9(2)13(5-6-17)15-8-10-3-4-11(16(18)19)7-12(10)14/h3-4,7,9,13,15,17H,5-6,8H2,1-2H3. The van der Waals surface area contributed by atoms with E-state index in [9.17, 15) is 10.1 Å². The highest BCUT2D eigenvalue weighted by Gasteiger charge is 2.14. The van der Waals surface area contributed by atoms with E-state index in [-0.39, 0.29) is 18.3 Å². The molecule has 0 aromatic heterocycles. The minimum absolute atomic E-state index is 0.00971. The van der Waals surface area contributed by atoms with Crippen LogP contribution in [-0.4, -0.2) is 22.7 Å². The van der Waals surface area contributed by atoms with Gasteiger partial charge >= 0.3 is 0 Å². The van der Waals surface area contributed by atoms with Crippen LogP contribution in [0.25, 0.3) is 0 Å². The van der Waals surface area contributed by atoms with E-state index in [1.165, 1.54) is 12.1 Å². The summed E-state index contributed by atoms with van der Waals surface area (Å²) in [6.07, 6.45) is 0.669. The minimum Gasteiger partial charge on any atom is -0.396 e. The van der Waals surface area contributed by atoms with Crippen LogP contribution in [0, 0.1) is 16.0 Å². The Bertz CT molecular complexity index is 438. The Morgan fingerprint density at radius 2 is 2.16 bits per heavy atom. The number of rotatable bonds is 7. The summed E-state index contributed by atoms with van der Waals surface area (Å²) in [5.74, 6) is 0.393. The van der Waals surface area contributed by atoms with Crippen LogP contribution in [-0.2, 0) is 6.54 Å². The largest absolute Gasteiger partial charge is 0.396 e. The molecule has 1 rings (SSSR count). The summed E-state index contributed by atoms with van der Waals surface area (Å²) in [5, 5.41) is 23.3. The molecule has 5 nitrogen and oxygen atoms in total. The van der Waals surface area contributed by atoms with Crippen LogP contribution in [0.4, 0.5) is 5.69 Å². The van der Waals surface area contributed by atoms with Gasteiger partial charge in [0.1, 0.15) is 0 Å². The molecule has 0 saturated heterocycles. The number of aliphatic hydroxyl groups is 1. The third-order valence-electron chi connectivity index (χ3n) is 3.05. The lowest BCUT2D eigenvalue weighted by Gasteiger charge is -2.21. The Labute approximate surface area is 117 Å². The van der Waals surface area contributed by atoms with Crippen LogP contribution in [0.2, 0.25) is 5.02 Å². The summed E-state index contributed by atoms with van der Waals surface area (Å²) in [6.45, 7) is 4.80. The first-order chi connectivity index (χ1) is 8.95. The topological polar surface area (TPSA) is 75.4 Å². The zero-order valence-corrected chi connectivity index (χ0v) is 11.9. The Kier molecular flexibility index (Phi) is 6.21. The number of hydrogen-bond acceptors (Lipinski definition) is 4. The fourth-order valence-electron chi connectivity index (χ4n) is 1.84. The van der Waals surface area contributed by atoms with Crippen molar-refractivity contribution in [3.05, 3.63) is 38.9 Å². The summed E-state index contributed by atoms with van der Waals surface area (Å²) in [7, 11) is 0. The van der Waals surface area contributed by atoms with Crippen LogP contribution in [0.5, 0.6) is 0 Å². The summed E-state index contributed by atoms with van der Waals surface area (Å²) >= 11 is 6.02. The van der Waals surface area contributed by atoms with Crippen molar-refractivity contribution in [2.45, 2.75) is 32.9 Å². The van der Waals surface area contributed by atoms with Crippen molar-refractivity contribution >= 4 is 17.3 Å². The number of nitrogens with zero attached hydrogens (tertiary/aromatic N) is 1. The Hall–Kier alpha value is -1.17. The van der Waals surface area contributed by atoms with Gasteiger partial charge in [0, 0.05) is 31.3 Å². The maximum absolute atomic E-state index is 10.6. The first-order valence-corrected chi connectivity index (χ1v) is 6.60. The normalized spacial score (nSPS) is 12.7. The Morgan fingerprint density at radius 3 is 2.63 bits per heavy atom. The monoisotopic (exact) mass is 286 g/mol. The second kappa shape index (κ2) is 7.43. The molecular formula is C13H19ClN2O3. The van der Waals surface area contributed by atoms with Crippen molar-refractivity contribution < 1.29 is 10.0 Å². The molecule has 6 heteroatoms. The SMILES string of the molecule is CC(C)C(CCO)NCc1ccc([N+](=O)[O-])cc1Cl. The predicted octanol–water partition coefficient (Wildman–Crippen LogP) is 2.74. The Morgan fingerprint density at radius 1 is 1.47 bits per heavy atom. The van der Waals surface area contributed by atoms with Crippen LogP contribution in [0.15, 0.2) is 18.2 Å². The molecule has 0 fully saturated rings. The molecule has 0 heterocycles. The molecule has 1 unspecified atom stereocenters. The van der Waals surface area contributed by atoms with Gasteiger partial charge < -0.3 is 10.4 Å². The smallest absolute Gasteiger partial charge is 0.270 e. The number of benzene rings is 1. The van der Waals surface area contributed by atoms with E-state index >= 15 is 0 Å². The van der Waals surface area contributed by atoms with Gasteiger partial charge in [0.15, 0.2) is 0 Å². The van der Waals surface area contributed by atoms with Crippen molar-refractivity contribution in [3.63, 3.8) is 0 Å². The highest BCUT2D eigenvalue weighted by Crippen LogP contribution is 2.22. The number of halogens is 1. The first kappa shape index (κ1) is 15.9. The third-order valence-corrected chi connectivity index (χ3v) is 3.40. The molecule has 2 N–H and O–H groups in total. The molecule has 1 aromatic carbocycles. The molecule has 0 amide bonds. The van der Waals surface area contributed by atoms with Crippen molar-refractivity contribution in [1.82, 2.24) is 5.32 Å². The van der Waals surface area contributed by atoms with Crippen LogP contribution in [0.3, 0.4) is 0 Å². The molecular weight excluding hydrogens is 268 g/mol. The molecule has 0 aliphatic carbocycles. The van der Waals surface area contributed by atoms with E-state index in [1.54, 1.807) is 6.07 Å². The van der Waals surface area contributed by atoms with E-state index in [1.807, 2.05) is 0 Å². The average molecular weight is 287 g/mol. The number of nitro benzene ring substituents is 1. The molecule has 0 radical (unpaired) electrons. The summed E-state index contributed by atoms with van der Waals surface area (Å²) in [5.41, 5.74) is 0.806. The number of nitro groups is 1. The van der Waals surface area contributed by atoms with Gasteiger partial charge in [-0.05, 0) is 24.0 Å². The molecule has 19 heavy (non-hydrogen) atoms. The van der Waals surface area contributed by atoms with E-state index in [0.29, 0.717) is 23.9 Å². The lowest BCUT2D eigenvalue weighted by Crippen LogP contribution is -2.34. The Balaban J connectivity index is 2.69. The van der Waals surface area contributed by atoms with Gasteiger partial charge in [-0.1, -0.05) is 25.4 Å². The van der Waals surface area contributed by atoms with Crippen molar-refractivity contribution in [2.75, 3.05) is 6.61 Å². The van der Waals surface area contributed by atoms with Gasteiger partial charge in [-0.15, -0.1) is 0 Å². The zero-order chi connectivity index (χ0) is 14.4. The van der Waals surface area contributed by atoms with Gasteiger partial charge in [0.25, 0.3) is 5.69 Å². The molecule has 106 valence electrons. The molecule has 1 atom stereocenters. The lowest BCUT2D eigenvalue weighted by atomic mass is 10.0. The molecule has 0 aliphatic heterocycles. The maximum atomic E-state index is 10.6. The van der Waals surface area contributed by atoms with E-state index in [4.69, 9.17) is 16.7 Å². The van der Waals surface area contributed by atoms with E-state index in [0.717, 1.165) is 5.56 Å². The highest BCUT2D eigenvalue weighted by atomic mass is 35.5.